The Labute approximate surface area is 142 Å². The molecule has 0 N–H and O–H groups in total. The van der Waals surface area contributed by atoms with Crippen LogP contribution in [0.15, 0.2) is 0 Å². The zero-order valence-electron chi connectivity index (χ0n) is 11.7. The maximum atomic E-state index is 12.5. The van der Waals surface area contributed by atoms with Gasteiger partial charge in [-0.15, -0.1) is 0 Å². The van der Waals surface area contributed by atoms with E-state index in [9.17, 15) is 4.79 Å². The Morgan fingerprint density at radius 2 is 1.50 bits per heavy atom. The van der Waals surface area contributed by atoms with Crippen LogP contribution in [0.5, 0.6) is 0 Å². The first kappa shape index (κ1) is 18.6. The van der Waals surface area contributed by atoms with E-state index in [2.05, 4.69) is 15.9 Å². The minimum absolute atomic E-state index is 0.210. The molecule has 0 bridgehead atoms. The van der Waals surface area contributed by atoms with Crippen LogP contribution in [-0.2, 0) is 9.47 Å². The smallest absolute Gasteiger partial charge is 0.324 e. The molecule has 1 heterocycles. The highest BCUT2D eigenvalue weighted by molar-refractivity contribution is 9.10. The highest BCUT2D eigenvalue weighted by Crippen LogP contribution is 2.54. The monoisotopic (exact) mass is 410 g/mol. The topological polar surface area (TPSA) is 42.0 Å². The number of halogens is 4. The van der Waals surface area contributed by atoms with Gasteiger partial charge in [0.2, 0.25) is 8.36 Å². The number of carbonyl (C=O) groups is 1. The van der Waals surface area contributed by atoms with Crippen LogP contribution in [0.2, 0.25) is 0 Å². The minimum Gasteiger partial charge on any atom is -0.380 e. The average molecular weight is 413 g/mol. The maximum absolute atomic E-state index is 12.5. The normalized spacial score (nSPS) is 28.9. The molecule has 2 amide bonds. The molecule has 1 aliphatic rings. The highest BCUT2D eigenvalue weighted by Gasteiger charge is 2.65. The van der Waals surface area contributed by atoms with Gasteiger partial charge >= 0.3 is 6.03 Å². The Kier molecular flexibility index (Phi) is 6.28. The second-order valence-corrected chi connectivity index (χ2v) is 8.12. The molecule has 118 valence electrons. The van der Waals surface area contributed by atoms with E-state index >= 15 is 0 Å². The Balaban J connectivity index is 3.02. The fraction of sp³-hybridized carbons (Fsp3) is 0.909. The summed E-state index contributed by atoms with van der Waals surface area (Å²) >= 11 is 22.2. The molecule has 0 spiro atoms. The minimum atomic E-state index is -1.63. The van der Waals surface area contributed by atoms with Gasteiger partial charge in [0.05, 0.1) is 25.3 Å². The molecule has 0 saturated carbocycles. The Hall–Kier alpha value is 0.540. The zero-order chi connectivity index (χ0) is 15.7. The molecule has 1 fully saturated rings. The van der Waals surface area contributed by atoms with E-state index in [0.717, 1.165) is 0 Å². The SMILES string of the molecule is COC(C)CN1C(=O)N(CC(C)OC)C(Cl)(Br)C1(Cl)Cl. The van der Waals surface area contributed by atoms with Crippen LogP contribution in [0.1, 0.15) is 13.8 Å². The van der Waals surface area contributed by atoms with Crippen LogP contribution in [0.25, 0.3) is 0 Å². The van der Waals surface area contributed by atoms with Gasteiger partial charge in [-0.1, -0.05) is 34.8 Å². The van der Waals surface area contributed by atoms with Crippen LogP contribution in [-0.4, -0.2) is 63.7 Å². The van der Waals surface area contributed by atoms with E-state index < -0.39 is 8.36 Å². The summed E-state index contributed by atoms with van der Waals surface area (Å²) in [4.78, 5) is 15.1. The van der Waals surface area contributed by atoms with Crippen molar-refractivity contribution < 1.29 is 14.3 Å². The number of urea groups is 1. The van der Waals surface area contributed by atoms with Crippen molar-refractivity contribution in [1.82, 2.24) is 9.80 Å². The summed E-state index contributed by atoms with van der Waals surface area (Å²) in [5.74, 6) is 0. The van der Waals surface area contributed by atoms with Gasteiger partial charge < -0.3 is 9.47 Å². The average Bonchev–Trinajstić information content (AvgIpc) is 2.50. The van der Waals surface area contributed by atoms with Crippen molar-refractivity contribution in [1.29, 1.82) is 0 Å². The summed E-state index contributed by atoms with van der Waals surface area (Å²) in [6, 6.07) is -0.380. The van der Waals surface area contributed by atoms with Gasteiger partial charge in [-0.3, -0.25) is 9.80 Å². The predicted molar refractivity (Wildman–Crippen MR) is 83.7 cm³/mol. The van der Waals surface area contributed by atoms with Crippen LogP contribution in [0, 0.1) is 0 Å². The molecular weight excluding hydrogens is 394 g/mol. The number of ether oxygens (including phenoxy) is 2. The van der Waals surface area contributed by atoms with E-state index in [0.29, 0.717) is 0 Å². The quantitative estimate of drug-likeness (QED) is 0.497. The molecular formula is C11H18BrCl3N2O3. The zero-order valence-corrected chi connectivity index (χ0v) is 15.6. The molecule has 0 aromatic rings. The molecule has 9 heteroatoms. The fourth-order valence-electron chi connectivity index (χ4n) is 1.76. The van der Waals surface area contributed by atoms with Gasteiger partial charge in [0.15, 0.2) is 0 Å². The van der Waals surface area contributed by atoms with E-state index in [1.54, 1.807) is 14.2 Å². The van der Waals surface area contributed by atoms with Crippen LogP contribution >= 0.6 is 50.7 Å². The van der Waals surface area contributed by atoms with Gasteiger partial charge in [0, 0.05) is 14.2 Å². The van der Waals surface area contributed by atoms with Crippen LogP contribution < -0.4 is 0 Å². The van der Waals surface area contributed by atoms with E-state index in [-0.39, 0.29) is 31.3 Å². The van der Waals surface area contributed by atoms with Gasteiger partial charge in [-0.2, -0.15) is 0 Å². The van der Waals surface area contributed by atoms with Crippen LogP contribution in [0.4, 0.5) is 4.79 Å². The molecule has 1 rings (SSSR count). The number of carbonyl (C=O) groups excluding carboxylic acids is 1. The number of nitrogens with zero attached hydrogens (tertiary/aromatic N) is 2. The summed E-state index contributed by atoms with van der Waals surface area (Å²) in [5, 5.41) is 0. The highest BCUT2D eigenvalue weighted by atomic mass is 79.9. The van der Waals surface area contributed by atoms with E-state index in [1.807, 2.05) is 13.8 Å². The molecule has 3 unspecified atom stereocenters. The lowest BCUT2D eigenvalue weighted by Crippen LogP contribution is -2.48. The van der Waals surface area contributed by atoms with Gasteiger partial charge in [0.1, 0.15) is 0 Å². The molecule has 20 heavy (non-hydrogen) atoms. The third-order valence-corrected chi connectivity index (χ3v) is 6.27. The van der Waals surface area contributed by atoms with Crippen molar-refractivity contribution in [3.05, 3.63) is 0 Å². The Morgan fingerprint density at radius 1 is 1.10 bits per heavy atom. The third-order valence-electron chi connectivity index (χ3n) is 3.19. The van der Waals surface area contributed by atoms with Crippen molar-refractivity contribution >= 4 is 56.8 Å². The van der Waals surface area contributed by atoms with Crippen molar-refractivity contribution in [2.24, 2.45) is 0 Å². The largest absolute Gasteiger partial charge is 0.380 e. The maximum Gasteiger partial charge on any atom is 0.324 e. The van der Waals surface area contributed by atoms with Crippen LogP contribution in [0.3, 0.4) is 0 Å². The summed E-state index contributed by atoms with van der Waals surface area (Å²) in [6.45, 7) is 4.10. The lowest BCUT2D eigenvalue weighted by Gasteiger charge is -2.34. The summed E-state index contributed by atoms with van der Waals surface area (Å²) in [5.41, 5.74) is 0. The molecule has 5 nitrogen and oxygen atoms in total. The fourth-order valence-corrected chi connectivity index (χ4v) is 3.00. The lowest BCUT2D eigenvalue weighted by atomic mass is 10.3. The Morgan fingerprint density at radius 3 is 1.90 bits per heavy atom. The van der Waals surface area contributed by atoms with Gasteiger partial charge in [0.25, 0.3) is 0 Å². The van der Waals surface area contributed by atoms with Gasteiger partial charge in [-0.05, 0) is 29.8 Å². The predicted octanol–water partition coefficient (Wildman–Crippen LogP) is 3.21. The van der Waals surface area contributed by atoms with E-state index in [1.165, 1.54) is 9.80 Å². The second kappa shape index (κ2) is 6.75. The second-order valence-electron chi connectivity index (χ2n) is 4.68. The number of alkyl halides is 4. The standard InChI is InChI=1S/C11H18BrCl3N2O3/c1-7(19-3)5-16-9(18)17(6-8(2)20-4)11(14,15)10(16,12)13/h7-8H,5-6H2,1-4H3. The molecule has 0 aliphatic carbocycles. The van der Waals surface area contributed by atoms with E-state index in [4.69, 9.17) is 44.3 Å². The van der Waals surface area contributed by atoms with Crippen molar-refractivity contribution in [2.75, 3.05) is 27.3 Å². The number of methoxy groups -OCH3 is 2. The Bertz CT molecular complexity index is 339. The third kappa shape index (κ3) is 3.31. The number of rotatable bonds is 6. The van der Waals surface area contributed by atoms with Gasteiger partial charge in [-0.25, -0.2) is 4.79 Å². The molecule has 3 atom stereocenters. The molecule has 1 aliphatic heterocycles. The van der Waals surface area contributed by atoms with Crippen molar-refractivity contribution in [3.63, 3.8) is 0 Å². The molecule has 0 aromatic carbocycles. The number of hydrogen-bond acceptors (Lipinski definition) is 3. The summed E-state index contributed by atoms with van der Waals surface area (Å²) in [7, 11) is 3.09. The lowest BCUT2D eigenvalue weighted by molar-refractivity contribution is 0.0786. The first-order valence-corrected chi connectivity index (χ1v) is 7.92. The number of hydrogen-bond donors (Lipinski definition) is 0. The summed E-state index contributed by atoms with van der Waals surface area (Å²) < 4.78 is 7.23. The van der Waals surface area contributed by atoms with Crippen molar-refractivity contribution in [2.45, 2.75) is 34.4 Å². The summed E-state index contributed by atoms with van der Waals surface area (Å²) in [6.07, 6.45) is -0.436. The first-order valence-electron chi connectivity index (χ1n) is 6.00. The van der Waals surface area contributed by atoms with Crippen molar-refractivity contribution in [3.8, 4) is 0 Å². The molecule has 0 radical (unpaired) electrons. The molecule has 0 aromatic heterocycles. The molecule has 1 saturated heterocycles. The number of amides is 2. The first-order chi connectivity index (χ1) is 9.09.